The summed E-state index contributed by atoms with van der Waals surface area (Å²) in [5.74, 6) is 6.07. The zero-order valence-corrected chi connectivity index (χ0v) is 13.2. The average Bonchev–Trinajstić information content (AvgIpc) is 2.38. The van der Waals surface area contributed by atoms with Crippen LogP contribution in [0.3, 0.4) is 0 Å². The minimum atomic E-state index is -0.473. The van der Waals surface area contributed by atoms with Crippen LogP contribution in [0.15, 0.2) is 24.3 Å². The molecule has 1 aromatic carbocycles. The molecule has 1 N–H and O–H groups in total. The lowest BCUT2D eigenvalue weighted by atomic mass is 10.1. The predicted octanol–water partition coefficient (Wildman–Crippen LogP) is 3.10. The molecule has 0 radical (unpaired) electrons. The minimum absolute atomic E-state index is 0.409. The molecule has 0 atom stereocenters. The van der Waals surface area contributed by atoms with Gasteiger partial charge in [-0.25, -0.2) is 4.79 Å². The van der Waals surface area contributed by atoms with Gasteiger partial charge in [0.05, 0.1) is 6.61 Å². The first-order valence-corrected chi connectivity index (χ1v) is 6.94. The first kappa shape index (κ1) is 17.1. The Hall–Kier alpha value is -1.99. The standard InChI is InChI=1S/C17H23NO3/c1-17(2,3)21-16(19)18-12-6-5-7-14-8-10-15(11-9-14)13-20-4/h8-11H,6,12-13H2,1-4H3,(H,18,19). The lowest BCUT2D eigenvalue weighted by Gasteiger charge is -2.19. The molecule has 0 saturated carbocycles. The molecule has 1 amide bonds. The Balaban J connectivity index is 2.31. The molecule has 4 nitrogen and oxygen atoms in total. The molecule has 0 aromatic heterocycles. The van der Waals surface area contributed by atoms with Gasteiger partial charge < -0.3 is 14.8 Å². The van der Waals surface area contributed by atoms with Gasteiger partial charge in [0.2, 0.25) is 0 Å². The van der Waals surface area contributed by atoms with Crippen LogP contribution in [0.1, 0.15) is 38.3 Å². The number of hydrogen-bond donors (Lipinski definition) is 1. The third-order valence-electron chi connectivity index (χ3n) is 2.42. The molecule has 0 unspecified atom stereocenters. The molecule has 0 spiro atoms. The van der Waals surface area contributed by atoms with E-state index in [1.54, 1.807) is 7.11 Å². The van der Waals surface area contributed by atoms with Crippen LogP contribution in [0.4, 0.5) is 4.79 Å². The van der Waals surface area contributed by atoms with Gasteiger partial charge in [-0.2, -0.15) is 0 Å². The van der Waals surface area contributed by atoms with Gasteiger partial charge in [0.25, 0.3) is 0 Å². The number of nitrogens with one attached hydrogen (secondary N) is 1. The van der Waals surface area contributed by atoms with E-state index >= 15 is 0 Å². The highest BCUT2D eigenvalue weighted by molar-refractivity contribution is 5.67. The maximum absolute atomic E-state index is 11.4. The summed E-state index contributed by atoms with van der Waals surface area (Å²) in [5, 5.41) is 2.67. The number of carbonyl (C=O) groups is 1. The second-order valence-corrected chi connectivity index (χ2v) is 5.61. The van der Waals surface area contributed by atoms with Crippen molar-refractivity contribution >= 4 is 6.09 Å². The van der Waals surface area contributed by atoms with Crippen LogP contribution < -0.4 is 5.32 Å². The number of carbonyl (C=O) groups excluding carboxylic acids is 1. The Labute approximate surface area is 126 Å². The molecule has 0 fully saturated rings. The fourth-order valence-corrected chi connectivity index (χ4v) is 1.56. The lowest BCUT2D eigenvalue weighted by Crippen LogP contribution is -2.32. The normalized spacial score (nSPS) is 10.5. The van der Waals surface area contributed by atoms with Gasteiger partial charge in [0, 0.05) is 25.6 Å². The van der Waals surface area contributed by atoms with Crippen molar-refractivity contribution in [3.63, 3.8) is 0 Å². The van der Waals surface area contributed by atoms with E-state index in [1.807, 2.05) is 45.0 Å². The summed E-state index contributed by atoms with van der Waals surface area (Å²) in [5.41, 5.74) is 1.60. The second-order valence-electron chi connectivity index (χ2n) is 5.61. The predicted molar refractivity (Wildman–Crippen MR) is 82.9 cm³/mol. The van der Waals surface area contributed by atoms with Gasteiger partial charge in [-0.15, -0.1) is 0 Å². The van der Waals surface area contributed by atoms with Crippen LogP contribution in [0.25, 0.3) is 0 Å². The van der Waals surface area contributed by atoms with E-state index in [2.05, 4.69) is 17.2 Å². The number of benzene rings is 1. The Morgan fingerprint density at radius 2 is 1.90 bits per heavy atom. The molecule has 21 heavy (non-hydrogen) atoms. The summed E-state index contributed by atoms with van der Waals surface area (Å²) >= 11 is 0. The molecule has 0 saturated heterocycles. The summed E-state index contributed by atoms with van der Waals surface area (Å²) in [6.07, 6.45) is 0.173. The first-order valence-electron chi connectivity index (χ1n) is 6.94. The molecule has 0 aliphatic rings. The third kappa shape index (κ3) is 8.01. The zero-order valence-electron chi connectivity index (χ0n) is 13.2. The smallest absolute Gasteiger partial charge is 0.407 e. The maximum atomic E-state index is 11.4. The number of amides is 1. The Bertz CT molecular complexity index is 504. The second kappa shape index (κ2) is 8.33. The number of methoxy groups -OCH3 is 1. The Kier molecular flexibility index (Phi) is 6.77. The van der Waals surface area contributed by atoms with E-state index in [4.69, 9.17) is 9.47 Å². The summed E-state index contributed by atoms with van der Waals surface area (Å²) in [7, 11) is 1.67. The van der Waals surface area contributed by atoms with Gasteiger partial charge in [-0.3, -0.25) is 0 Å². The van der Waals surface area contributed by atoms with Crippen LogP contribution in [-0.2, 0) is 16.1 Å². The molecule has 1 aromatic rings. The quantitative estimate of drug-likeness (QED) is 0.684. The highest BCUT2D eigenvalue weighted by Gasteiger charge is 2.15. The van der Waals surface area contributed by atoms with Gasteiger partial charge in [0.1, 0.15) is 5.60 Å². The van der Waals surface area contributed by atoms with E-state index in [1.165, 1.54) is 0 Å². The molecular weight excluding hydrogens is 266 g/mol. The largest absolute Gasteiger partial charge is 0.444 e. The van der Waals surface area contributed by atoms with E-state index < -0.39 is 11.7 Å². The Morgan fingerprint density at radius 3 is 2.48 bits per heavy atom. The van der Waals surface area contributed by atoms with Crippen molar-refractivity contribution in [2.75, 3.05) is 13.7 Å². The van der Waals surface area contributed by atoms with Crippen LogP contribution in [0.2, 0.25) is 0 Å². The van der Waals surface area contributed by atoms with E-state index in [9.17, 15) is 4.79 Å². The molecule has 114 valence electrons. The molecule has 0 bridgehead atoms. The first-order chi connectivity index (χ1) is 9.90. The maximum Gasteiger partial charge on any atom is 0.407 e. The van der Waals surface area contributed by atoms with Crippen molar-refractivity contribution < 1.29 is 14.3 Å². The zero-order chi connectivity index (χ0) is 15.7. The SMILES string of the molecule is COCc1ccc(C#CCCNC(=O)OC(C)(C)C)cc1. The van der Waals surface area contributed by atoms with Crippen LogP contribution in [0.5, 0.6) is 0 Å². The van der Waals surface area contributed by atoms with Gasteiger partial charge in [-0.1, -0.05) is 24.0 Å². The fourth-order valence-electron chi connectivity index (χ4n) is 1.56. The minimum Gasteiger partial charge on any atom is -0.444 e. The van der Waals surface area contributed by atoms with Crippen LogP contribution in [0, 0.1) is 11.8 Å². The van der Waals surface area contributed by atoms with Crippen molar-refractivity contribution in [3.8, 4) is 11.8 Å². The molecule has 1 rings (SSSR count). The van der Waals surface area contributed by atoms with E-state index in [0.717, 1.165) is 11.1 Å². The number of hydrogen-bond acceptors (Lipinski definition) is 3. The van der Waals surface area contributed by atoms with E-state index in [-0.39, 0.29) is 0 Å². The summed E-state index contributed by atoms with van der Waals surface area (Å²) in [6.45, 7) is 6.58. The number of rotatable bonds is 4. The molecule has 0 heterocycles. The van der Waals surface area contributed by atoms with Crippen molar-refractivity contribution in [3.05, 3.63) is 35.4 Å². The van der Waals surface area contributed by atoms with Crippen molar-refractivity contribution in [2.45, 2.75) is 39.4 Å². The molecule has 4 heteroatoms. The van der Waals surface area contributed by atoms with Crippen LogP contribution in [-0.4, -0.2) is 25.3 Å². The van der Waals surface area contributed by atoms with Gasteiger partial charge in [-0.05, 0) is 38.5 Å². The summed E-state index contributed by atoms with van der Waals surface area (Å²) in [4.78, 5) is 11.4. The number of alkyl carbamates (subject to hydrolysis) is 1. The third-order valence-corrected chi connectivity index (χ3v) is 2.42. The van der Waals surface area contributed by atoms with Crippen molar-refractivity contribution in [2.24, 2.45) is 0 Å². The van der Waals surface area contributed by atoms with Gasteiger partial charge >= 0.3 is 6.09 Å². The topological polar surface area (TPSA) is 47.6 Å². The highest BCUT2D eigenvalue weighted by Crippen LogP contribution is 2.06. The van der Waals surface area contributed by atoms with Gasteiger partial charge in [0.15, 0.2) is 0 Å². The fraction of sp³-hybridized carbons (Fsp3) is 0.471. The molecular formula is C17H23NO3. The van der Waals surface area contributed by atoms with E-state index in [0.29, 0.717) is 19.6 Å². The summed E-state index contributed by atoms with van der Waals surface area (Å²) < 4.78 is 10.2. The van der Waals surface area contributed by atoms with Crippen molar-refractivity contribution in [1.82, 2.24) is 5.32 Å². The molecule has 0 aliphatic heterocycles. The molecule has 0 aliphatic carbocycles. The van der Waals surface area contributed by atoms with Crippen molar-refractivity contribution in [1.29, 1.82) is 0 Å². The Morgan fingerprint density at radius 1 is 1.24 bits per heavy atom. The highest BCUT2D eigenvalue weighted by atomic mass is 16.6. The summed E-state index contributed by atoms with van der Waals surface area (Å²) in [6, 6.07) is 7.91. The average molecular weight is 289 g/mol. The lowest BCUT2D eigenvalue weighted by molar-refractivity contribution is 0.0529. The monoisotopic (exact) mass is 289 g/mol. The number of ether oxygens (including phenoxy) is 2. The van der Waals surface area contributed by atoms with Crippen LogP contribution >= 0.6 is 0 Å².